The largest absolute Gasteiger partial charge is 0.453 e. The van der Waals surface area contributed by atoms with Crippen molar-refractivity contribution in [3.8, 4) is 34.4 Å². The molecular weight excluding hydrogens is 743 g/mol. The van der Waals surface area contributed by atoms with Crippen LogP contribution in [0.25, 0.3) is 22.5 Å². The van der Waals surface area contributed by atoms with E-state index in [4.69, 9.17) is 14.5 Å². The number of hydrogen-bond donors (Lipinski definition) is 3. The number of carbonyl (C=O) groups excluding carboxylic acids is 3. The third-order valence-corrected chi connectivity index (χ3v) is 11.0. The summed E-state index contributed by atoms with van der Waals surface area (Å²) in [5.41, 5.74) is 6.90. The zero-order valence-electron chi connectivity index (χ0n) is 32.9. The summed E-state index contributed by atoms with van der Waals surface area (Å²) in [5.74, 6) is 7.73. The molecule has 12 nitrogen and oxygen atoms in total. The maximum Gasteiger partial charge on any atom is 0.407 e. The van der Waals surface area contributed by atoms with Crippen molar-refractivity contribution in [1.82, 2.24) is 35.1 Å². The summed E-state index contributed by atoms with van der Waals surface area (Å²) in [7, 11) is 2.85. The Morgan fingerprint density at radius 2 is 1.14 bits per heavy atom. The molecular formula is C47H45N7O5. The highest BCUT2D eigenvalue weighted by atomic mass is 16.5. The topological polar surface area (TPSA) is 146 Å². The van der Waals surface area contributed by atoms with Gasteiger partial charge in [0.25, 0.3) is 11.8 Å². The Kier molecular flexibility index (Phi) is 11.6. The first kappa shape index (κ1) is 38.9. The number of H-pyrrole nitrogens is 2. The van der Waals surface area contributed by atoms with E-state index >= 15 is 0 Å². The fourth-order valence-corrected chi connectivity index (χ4v) is 7.98. The van der Waals surface area contributed by atoms with E-state index in [0.29, 0.717) is 24.5 Å². The van der Waals surface area contributed by atoms with Gasteiger partial charge in [-0.05, 0) is 72.2 Å². The molecule has 0 aliphatic carbocycles. The molecule has 0 bridgehead atoms. The van der Waals surface area contributed by atoms with Gasteiger partial charge in [-0.3, -0.25) is 9.59 Å². The fraction of sp³-hybridized carbons (Fsp3) is 0.255. The average Bonchev–Trinajstić information content (AvgIpc) is 4.13. The van der Waals surface area contributed by atoms with Gasteiger partial charge in [0.15, 0.2) is 6.10 Å². The lowest BCUT2D eigenvalue weighted by Crippen LogP contribution is -2.42. The predicted octanol–water partition coefficient (Wildman–Crippen LogP) is 7.68. The number of alkyl carbamates (subject to hydrolysis) is 1. The third kappa shape index (κ3) is 8.51. The smallest absolute Gasteiger partial charge is 0.407 e. The Bertz CT molecular complexity index is 2450. The number of likely N-dealkylation sites (tertiary alicyclic amines) is 2. The molecule has 0 saturated carbocycles. The molecule has 59 heavy (non-hydrogen) atoms. The number of aromatic nitrogens is 4. The summed E-state index contributed by atoms with van der Waals surface area (Å²) in [6.45, 7) is 1.21. The summed E-state index contributed by atoms with van der Waals surface area (Å²) >= 11 is 0. The standard InChI is InChI=1S/C47H45N7O5/c1-58-42(36-13-7-4-8-14-36)46(56)54-28-10-16-40(54)44-49-30-38(51-44)34-25-21-32(22-26-34)18-17-31-19-23-33(24-20-31)37-29-48-43(50-37)39-15-9-27-53(39)45(55)41(52-47(57)59-2)35-11-5-3-6-12-35/h3-8,11-14,19-26,29-30,39-42H,9-10,15-16,27-28H2,1-2H3,(H,48,50)(H,49,51)(H,52,57)/t39-,40-,41+,42+/m0/s1. The van der Waals surface area contributed by atoms with E-state index in [-0.39, 0.29) is 23.9 Å². The molecule has 0 radical (unpaired) electrons. The highest BCUT2D eigenvalue weighted by molar-refractivity contribution is 5.87. The van der Waals surface area contributed by atoms with Gasteiger partial charge in [0.1, 0.15) is 17.7 Å². The molecule has 2 aliphatic rings. The van der Waals surface area contributed by atoms with Gasteiger partial charge < -0.3 is 34.6 Å². The normalized spacial score (nSPS) is 17.2. The van der Waals surface area contributed by atoms with Crippen LogP contribution in [0, 0.1) is 11.8 Å². The third-order valence-electron chi connectivity index (χ3n) is 11.0. The number of aromatic amines is 2. The molecule has 4 atom stereocenters. The van der Waals surface area contributed by atoms with Gasteiger partial charge in [-0.1, -0.05) is 96.8 Å². The molecule has 12 heteroatoms. The Morgan fingerprint density at radius 1 is 0.661 bits per heavy atom. The van der Waals surface area contributed by atoms with Crippen molar-refractivity contribution < 1.29 is 23.9 Å². The predicted molar refractivity (Wildman–Crippen MR) is 222 cm³/mol. The molecule has 4 heterocycles. The fourth-order valence-electron chi connectivity index (χ4n) is 7.98. The van der Waals surface area contributed by atoms with Crippen molar-refractivity contribution in [1.29, 1.82) is 0 Å². The minimum absolute atomic E-state index is 0.0566. The van der Waals surface area contributed by atoms with Gasteiger partial charge in [-0.2, -0.15) is 0 Å². The molecule has 8 rings (SSSR count). The molecule has 2 aromatic heterocycles. The molecule has 298 valence electrons. The molecule has 0 spiro atoms. The van der Waals surface area contributed by atoms with Crippen molar-refractivity contribution in [3.63, 3.8) is 0 Å². The van der Waals surface area contributed by atoms with Crippen molar-refractivity contribution in [2.75, 3.05) is 27.3 Å². The second-order valence-corrected chi connectivity index (χ2v) is 14.7. The number of hydrogen-bond acceptors (Lipinski definition) is 7. The van der Waals surface area contributed by atoms with E-state index in [1.54, 1.807) is 18.2 Å². The zero-order valence-corrected chi connectivity index (χ0v) is 32.9. The lowest BCUT2D eigenvalue weighted by Gasteiger charge is -2.28. The van der Waals surface area contributed by atoms with E-state index in [2.05, 4.69) is 32.1 Å². The number of benzene rings is 4. The number of ether oxygens (including phenoxy) is 2. The minimum atomic E-state index is -0.877. The molecule has 6 aromatic rings. The second-order valence-electron chi connectivity index (χ2n) is 14.7. The maximum absolute atomic E-state index is 13.9. The molecule has 3 N–H and O–H groups in total. The lowest BCUT2D eigenvalue weighted by atomic mass is 10.1. The van der Waals surface area contributed by atoms with Gasteiger partial charge in [0.05, 0.1) is 43.0 Å². The van der Waals surface area contributed by atoms with Gasteiger partial charge in [0, 0.05) is 31.3 Å². The number of rotatable bonds is 10. The van der Waals surface area contributed by atoms with Crippen molar-refractivity contribution in [2.45, 2.75) is 49.9 Å². The molecule has 2 saturated heterocycles. The Labute approximate surface area is 343 Å². The van der Waals surface area contributed by atoms with Gasteiger partial charge in [0.2, 0.25) is 0 Å². The first-order chi connectivity index (χ1) is 28.9. The summed E-state index contributed by atoms with van der Waals surface area (Å²) < 4.78 is 10.5. The van der Waals surface area contributed by atoms with Gasteiger partial charge >= 0.3 is 6.09 Å². The van der Waals surface area contributed by atoms with Crippen LogP contribution in [0.1, 0.15) is 83.8 Å². The van der Waals surface area contributed by atoms with Crippen molar-refractivity contribution in [2.24, 2.45) is 0 Å². The highest BCUT2D eigenvalue weighted by Crippen LogP contribution is 2.36. The Balaban J connectivity index is 0.899. The van der Waals surface area contributed by atoms with Crippen LogP contribution >= 0.6 is 0 Å². The molecule has 4 aromatic carbocycles. The van der Waals surface area contributed by atoms with Crippen LogP contribution in [0.2, 0.25) is 0 Å². The lowest BCUT2D eigenvalue weighted by molar-refractivity contribution is -0.143. The second kappa shape index (κ2) is 17.7. The molecule has 3 amide bonds. The van der Waals surface area contributed by atoms with Crippen LogP contribution in [0.3, 0.4) is 0 Å². The summed E-state index contributed by atoms with van der Waals surface area (Å²) in [6, 6.07) is 33.5. The van der Waals surface area contributed by atoms with Gasteiger partial charge in [-0.15, -0.1) is 0 Å². The van der Waals surface area contributed by atoms with Crippen LogP contribution in [-0.2, 0) is 19.1 Å². The van der Waals surface area contributed by atoms with Gasteiger partial charge in [-0.25, -0.2) is 14.8 Å². The van der Waals surface area contributed by atoms with Crippen molar-refractivity contribution in [3.05, 3.63) is 155 Å². The van der Waals surface area contributed by atoms with E-state index in [1.807, 2.05) is 120 Å². The molecule has 0 unspecified atom stereocenters. The Hall–Kier alpha value is -6.97. The van der Waals surface area contributed by atoms with Crippen LogP contribution < -0.4 is 5.32 Å². The van der Waals surface area contributed by atoms with E-state index in [0.717, 1.165) is 70.7 Å². The zero-order chi connectivity index (χ0) is 40.7. The highest BCUT2D eigenvalue weighted by Gasteiger charge is 2.38. The number of amides is 3. The first-order valence-corrected chi connectivity index (χ1v) is 19.8. The number of methoxy groups -OCH3 is 2. The number of nitrogens with one attached hydrogen (secondary N) is 3. The quantitative estimate of drug-likeness (QED) is 0.121. The monoisotopic (exact) mass is 787 g/mol. The average molecular weight is 788 g/mol. The summed E-state index contributed by atoms with van der Waals surface area (Å²) in [4.78, 5) is 59.6. The maximum atomic E-state index is 13.9. The SMILES string of the molecule is COC(=O)N[C@@H](C(=O)N1CCC[C@H]1c1ncc(-c2ccc(C#Cc3ccc(-c4cnc([C@@H]5CCCN5C(=O)[C@H](OC)c5ccccc5)[nH]4)cc3)cc2)[nH]1)c1ccccc1. The van der Waals surface area contributed by atoms with Crippen molar-refractivity contribution >= 4 is 17.9 Å². The van der Waals surface area contributed by atoms with E-state index < -0.39 is 18.2 Å². The van der Waals surface area contributed by atoms with Crippen LogP contribution in [0.5, 0.6) is 0 Å². The molecule has 2 aliphatic heterocycles. The van der Waals surface area contributed by atoms with Crippen LogP contribution in [0.4, 0.5) is 4.79 Å². The summed E-state index contributed by atoms with van der Waals surface area (Å²) in [6.07, 6.45) is 5.59. The van der Waals surface area contributed by atoms with Crippen LogP contribution in [0.15, 0.2) is 122 Å². The number of imidazole rings is 2. The Morgan fingerprint density at radius 3 is 1.61 bits per heavy atom. The first-order valence-electron chi connectivity index (χ1n) is 19.8. The molecule has 2 fully saturated rings. The van der Waals surface area contributed by atoms with E-state index in [1.165, 1.54) is 7.11 Å². The van der Waals surface area contributed by atoms with E-state index in [9.17, 15) is 14.4 Å². The number of carbonyl (C=O) groups is 3. The summed E-state index contributed by atoms with van der Waals surface area (Å²) in [5, 5.41) is 2.71. The minimum Gasteiger partial charge on any atom is -0.453 e. The van der Waals surface area contributed by atoms with Crippen LogP contribution in [-0.4, -0.2) is 75.0 Å². The number of nitrogens with zero attached hydrogens (tertiary/aromatic N) is 4.